The molecular formula is C60H40N2SSi. The molecule has 64 heavy (non-hydrogen) atoms. The lowest BCUT2D eigenvalue weighted by atomic mass is 9.95. The van der Waals surface area contributed by atoms with Crippen molar-refractivity contribution in [1.82, 2.24) is 9.13 Å². The molecule has 13 rings (SSSR count). The van der Waals surface area contributed by atoms with Crippen molar-refractivity contribution in [2.24, 2.45) is 0 Å². The highest BCUT2D eigenvalue weighted by Crippen LogP contribution is 2.46. The van der Waals surface area contributed by atoms with E-state index >= 15 is 0 Å². The third-order valence-corrected chi connectivity index (χ3v) is 19.4. The molecule has 0 saturated heterocycles. The molecule has 0 aliphatic carbocycles. The van der Waals surface area contributed by atoms with Gasteiger partial charge in [-0.3, -0.25) is 0 Å². The summed E-state index contributed by atoms with van der Waals surface area (Å²) in [5.41, 5.74) is 9.58. The minimum absolute atomic E-state index is 1.15. The van der Waals surface area contributed by atoms with Crippen LogP contribution in [0.3, 0.4) is 0 Å². The van der Waals surface area contributed by atoms with Gasteiger partial charge in [-0.1, -0.05) is 194 Å². The zero-order chi connectivity index (χ0) is 42.2. The van der Waals surface area contributed by atoms with Gasteiger partial charge in [0.2, 0.25) is 0 Å². The molecule has 0 atom stereocenters. The standard InChI is InChI=1S/C60H40N2SSi/c1-4-21-42(22-5-1)64(43-23-6-2-7-24-43,44-25-8-3-9-26-44)45-27-16-20-41(40-45)61-52-34-13-10-28-46(52)49-33-18-37-55(60(49)61)62-53-35-14-11-29-50(53)58-47(31-17-36-54(58)62)48-32-19-39-57-59(48)51-30-12-15-38-56(51)63-57/h1-40H. The highest BCUT2D eigenvalue weighted by molar-refractivity contribution is 7.26. The van der Waals surface area contributed by atoms with E-state index in [1.54, 1.807) is 0 Å². The molecule has 0 N–H and O–H groups in total. The minimum atomic E-state index is -2.81. The monoisotopic (exact) mass is 848 g/mol. The molecule has 0 unspecified atom stereocenters. The predicted octanol–water partition coefficient (Wildman–Crippen LogP) is 13.3. The Morgan fingerprint density at radius 1 is 0.312 bits per heavy atom. The number of hydrogen-bond donors (Lipinski definition) is 0. The van der Waals surface area contributed by atoms with Crippen molar-refractivity contribution in [3.63, 3.8) is 0 Å². The number of thiophene rings is 1. The molecule has 13 aromatic rings. The maximum Gasteiger partial charge on any atom is 0.179 e. The van der Waals surface area contributed by atoms with E-state index < -0.39 is 8.07 Å². The van der Waals surface area contributed by atoms with Crippen LogP contribution in [-0.4, -0.2) is 17.2 Å². The van der Waals surface area contributed by atoms with Crippen LogP contribution in [0.5, 0.6) is 0 Å². The van der Waals surface area contributed by atoms with Crippen LogP contribution >= 0.6 is 11.3 Å². The molecule has 300 valence electrons. The third-order valence-electron chi connectivity index (χ3n) is 13.5. The first-order valence-electron chi connectivity index (χ1n) is 22.0. The Bertz CT molecular complexity index is 3800. The smallest absolute Gasteiger partial charge is 0.179 e. The number of para-hydroxylation sites is 3. The lowest BCUT2D eigenvalue weighted by molar-refractivity contribution is 1.13. The first-order chi connectivity index (χ1) is 31.8. The Morgan fingerprint density at radius 2 is 0.797 bits per heavy atom. The first-order valence-corrected chi connectivity index (χ1v) is 24.8. The van der Waals surface area contributed by atoms with E-state index in [4.69, 9.17) is 0 Å². The summed E-state index contributed by atoms with van der Waals surface area (Å²) in [5.74, 6) is 0. The van der Waals surface area contributed by atoms with Gasteiger partial charge in [-0.05, 0) is 80.4 Å². The molecule has 0 fully saturated rings. The number of fused-ring (bicyclic) bond motifs is 9. The van der Waals surface area contributed by atoms with E-state index in [1.807, 2.05) is 11.3 Å². The predicted molar refractivity (Wildman–Crippen MR) is 277 cm³/mol. The van der Waals surface area contributed by atoms with Crippen LogP contribution in [0.2, 0.25) is 0 Å². The van der Waals surface area contributed by atoms with Gasteiger partial charge in [0.1, 0.15) is 0 Å². The molecule has 4 heteroatoms. The molecule has 0 aliphatic heterocycles. The van der Waals surface area contributed by atoms with Crippen molar-refractivity contribution in [3.05, 3.63) is 243 Å². The number of aromatic nitrogens is 2. The second-order valence-corrected chi connectivity index (χ2v) is 21.6. The van der Waals surface area contributed by atoms with Gasteiger partial charge in [0, 0.05) is 47.4 Å². The molecule has 0 spiro atoms. The van der Waals surface area contributed by atoms with Crippen LogP contribution in [0, 0.1) is 0 Å². The van der Waals surface area contributed by atoms with Crippen LogP contribution in [0.4, 0.5) is 0 Å². The Kier molecular flexibility index (Phi) is 8.45. The molecule has 0 aliphatic rings. The van der Waals surface area contributed by atoms with Crippen LogP contribution in [0.25, 0.3) is 86.3 Å². The fraction of sp³-hybridized carbons (Fsp3) is 0. The van der Waals surface area contributed by atoms with Crippen molar-refractivity contribution in [2.45, 2.75) is 0 Å². The van der Waals surface area contributed by atoms with Gasteiger partial charge in [-0.2, -0.15) is 0 Å². The highest BCUT2D eigenvalue weighted by Gasteiger charge is 2.41. The zero-order valence-corrected chi connectivity index (χ0v) is 36.7. The summed E-state index contributed by atoms with van der Waals surface area (Å²) in [7, 11) is -2.81. The molecule has 3 heterocycles. The average molecular weight is 849 g/mol. The summed E-state index contributed by atoms with van der Waals surface area (Å²) >= 11 is 1.88. The van der Waals surface area contributed by atoms with Crippen LogP contribution < -0.4 is 20.7 Å². The molecule has 2 nitrogen and oxygen atoms in total. The molecule has 3 aromatic heterocycles. The Hall–Kier alpha value is -7.76. The summed E-state index contributed by atoms with van der Waals surface area (Å²) in [6.45, 7) is 0. The molecule has 0 bridgehead atoms. The Labute approximate surface area is 376 Å². The van der Waals surface area contributed by atoms with Gasteiger partial charge in [-0.25, -0.2) is 0 Å². The van der Waals surface area contributed by atoms with Gasteiger partial charge in [-0.15, -0.1) is 11.3 Å². The van der Waals surface area contributed by atoms with Crippen molar-refractivity contribution in [1.29, 1.82) is 0 Å². The molecule has 10 aromatic carbocycles. The fourth-order valence-electron chi connectivity index (χ4n) is 10.9. The molecule has 0 radical (unpaired) electrons. The maximum atomic E-state index is 2.53. The van der Waals surface area contributed by atoms with E-state index in [1.165, 1.54) is 95.7 Å². The average Bonchev–Trinajstić information content (AvgIpc) is 4.04. The second-order valence-electron chi connectivity index (χ2n) is 16.8. The zero-order valence-electron chi connectivity index (χ0n) is 34.9. The Balaban J connectivity index is 1.11. The topological polar surface area (TPSA) is 9.86 Å². The second kappa shape index (κ2) is 14.7. The first kappa shape index (κ1) is 36.9. The summed E-state index contributed by atoms with van der Waals surface area (Å²) in [4.78, 5) is 0. The van der Waals surface area contributed by atoms with E-state index in [-0.39, 0.29) is 0 Å². The van der Waals surface area contributed by atoms with Gasteiger partial charge >= 0.3 is 0 Å². The third kappa shape index (κ3) is 5.37. The molecule has 0 saturated carbocycles. The van der Waals surface area contributed by atoms with Crippen LogP contribution in [-0.2, 0) is 0 Å². The van der Waals surface area contributed by atoms with E-state index in [2.05, 4.69) is 252 Å². The highest BCUT2D eigenvalue weighted by atomic mass is 32.1. The van der Waals surface area contributed by atoms with Crippen molar-refractivity contribution >= 4 is 104 Å². The number of benzene rings is 10. The lowest BCUT2D eigenvalue weighted by Gasteiger charge is -2.34. The minimum Gasteiger partial charge on any atom is -0.307 e. The number of hydrogen-bond acceptors (Lipinski definition) is 1. The fourth-order valence-corrected chi connectivity index (χ4v) is 16.8. The van der Waals surface area contributed by atoms with E-state index in [9.17, 15) is 0 Å². The summed E-state index contributed by atoms with van der Waals surface area (Å²) < 4.78 is 7.69. The van der Waals surface area contributed by atoms with Gasteiger partial charge in [0.05, 0.1) is 27.8 Å². The summed E-state index contributed by atoms with van der Waals surface area (Å²) in [6.07, 6.45) is 0. The van der Waals surface area contributed by atoms with Crippen molar-refractivity contribution in [2.75, 3.05) is 0 Å². The van der Waals surface area contributed by atoms with Crippen LogP contribution in [0.15, 0.2) is 243 Å². The van der Waals surface area contributed by atoms with Crippen molar-refractivity contribution in [3.8, 4) is 22.5 Å². The number of nitrogens with zero attached hydrogens (tertiary/aromatic N) is 2. The number of rotatable bonds is 7. The van der Waals surface area contributed by atoms with Crippen molar-refractivity contribution < 1.29 is 0 Å². The van der Waals surface area contributed by atoms with Crippen LogP contribution in [0.1, 0.15) is 0 Å². The normalized spacial score (nSPS) is 12.1. The van der Waals surface area contributed by atoms with E-state index in [0.29, 0.717) is 0 Å². The Morgan fingerprint density at radius 3 is 1.50 bits per heavy atom. The van der Waals surface area contributed by atoms with Gasteiger partial charge in [0.15, 0.2) is 8.07 Å². The van der Waals surface area contributed by atoms with E-state index in [0.717, 1.165) is 11.4 Å². The summed E-state index contributed by atoms with van der Waals surface area (Å²) in [6, 6.07) is 90.5. The quantitative estimate of drug-likeness (QED) is 0.112. The lowest BCUT2D eigenvalue weighted by Crippen LogP contribution is -2.74. The summed E-state index contributed by atoms with van der Waals surface area (Å²) in [5, 5.41) is 13.0. The molecule has 0 amide bonds. The SMILES string of the molecule is c1ccc([Si](c2ccccc2)(c2ccccc2)c2cccc(-n3c4ccccc4c4cccc(-n5c6ccccc6c6c(-c7cccc8sc9ccccc9c78)cccc65)c43)c2)cc1. The van der Waals surface area contributed by atoms with Gasteiger partial charge in [0.25, 0.3) is 0 Å². The van der Waals surface area contributed by atoms with Gasteiger partial charge < -0.3 is 9.13 Å². The maximum absolute atomic E-state index is 2.81. The largest absolute Gasteiger partial charge is 0.307 e. The molecular weight excluding hydrogens is 809 g/mol.